The van der Waals surface area contributed by atoms with Crippen LogP contribution in [0.15, 0.2) is 48.5 Å². The molecule has 4 heteroatoms. The molecule has 4 nitrogen and oxygen atoms in total. The molecule has 0 saturated carbocycles. The number of carbonyl (C=O) groups excluding carboxylic acids is 1. The third kappa shape index (κ3) is 3.74. The van der Waals surface area contributed by atoms with Gasteiger partial charge in [0.25, 0.3) is 0 Å². The first-order chi connectivity index (χ1) is 10.7. The molecule has 2 aromatic carbocycles. The van der Waals surface area contributed by atoms with Gasteiger partial charge in [-0.1, -0.05) is 36.4 Å². The Morgan fingerprint density at radius 2 is 2.05 bits per heavy atom. The van der Waals surface area contributed by atoms with Crippen molar-refractivity contribution in [2.24, 2.45) is 5.73 Å². The van der Waals surface area contributed by atoms with Gasteiger partial charge in [0.05, 0.1) is 7.11 Å². The van der Waals surface area contributed by atoms with Gasteiger partial charge in [-0.2, -0.15) is 0 Å². The molecule has 0 unspecified atom stereocenters. The normalized spacial score (nSPS) is 10.8. The maximum Gasteiger partial charge on any atom is 0.186 e. The number of allylic oxidation sites excluding steroid dienone is 1. The van der Waals surface area contributed by atoms with E-state index in [2.05, 4.69) is 0 Å². The fourth-order valence-electron chi connectivity index (χ4n) is 2.19. The Hall–Kier alpha value is -2.59. The first-order valence-electron chi connectivity index (χ1n) is 7.03. The molecule has 0 amide bonds. The van der Waals surface area contributed by atoms with Crippen LogP contribution in [0, 0.1) is 0 Å². The quantitative estimate of drug-likeness (QED) is 0.635. The van der Waals surface area contributed by atoms with Gasteiger partial charge in [0, 0.05) is 5.56 Å². The largest absolute Gasteiger partial charge is 0.504 e. The Bertz CT molecular complexity index is 692. The van der Waals surface area contributed by atoms with Gasteiger partial charge < -0.3 is 15.6 Å². The van der Waals surface area contributed by atoms with Crippen LogP contribution >= 0.6 is 0 Å². The SMILES string of the molecule is COc1cc(/C=C/C(=O)c2ccccc2CCN)ccc1O. The highest BCUT2D eigenvalue weighted by molar-refractivity contribution is 6.07. The summed E-state index contributed by atoms with van der Waals surface area (Å²) in [6.07, 6.45) is 3.88. The lowest BCUT2D eigenvalue weighted by molar-refractivity contribution is 0.104. The molecule has 0 heterocycles. The van der Waals surface area contributed by atoms with Gasteiger partial charge in [-0.05, 0) is 42.3 Å². The number of carbonyl (C=O) groups is 1. The van der Waals surface area contributed by atoms with Gasteiger partial charge >= 0.3 is 0 Å². The average Bonchev–Trinajstić information content (AvgIpc) is 2.54. The Morgan fingerprint density at radius 3 is 2.77 bits per heavy atom. The second kappa shape index (κ2) is 7.43. The number of benzene rings is 2. The third-order valence-electron chi connectivity index (χ3n) is 3.33. The van der Waals surface area contributed by atoms with Crippen LogP contribution in [0.3, 0.4) is 0 Å². The van der Waals surface area contributed by atoms with Crippen LogP contribution < -0.4 is 10.5 Å². The standard InChI is InChI=1S/C18H19NO3/c1-22-18-12-13(7-9-17(18)21)6-8-16(20)15-5-3-2-4-14(15)10-11-19/h2-9,12,21H,10-11,19H2,1H3/b8-6+. The molecule has 2 aromatic rings. The molecule has 0 bridgehead atoms. The smallest absolute Gasteiger partial charge is 0.186 e. The summed E-state index contributed by atoms with van der Waals surface area (Å²) in [5, 5.41) is 9.56. The molecule has 0 atom stereocenters. The zero-order valence-electron chi connectivity index (χ0n) is 12.5. The van der Waals surface area contributed by atoms with Crippen LogP contribution in [-0.4, -0.2) is 24.5 Å². The van der Waals surface area contributed by atoms with Crippen LogP contribution in [0.1, 0.15) is 21.5 Å². The van der Waals surface area contributed by atoms with E-state index in [-0.39, 0.29) is 11.5 Å². The molecule has 0 spiro atoms. The monoisotopic (exact) mass is 297 g/mol. The van der Waals surface area contributed by atoms with Crippen molar-refractivity contribution in [2.75, 3.05) is 13.7 Å². The molecule has 0 radical (unpaired) electrons. The van der Waals surface area contributed by atoms with Crippen LogP contribution in [-0.2, 0) is 6.42 Å². The van der Waals surface area contributed by atoms with Crippen molar-refractivity contribution in [1.29, 1.82) is 0 Å². The minimum absolute atomic E-state index is 0.0688. The molecular formula is C18H19NO3. The number of aromatic hydroxyl groups is 1. The Balaban J connectivity index is 2.21. The lowest BCUT2D eigenvalue weighted by atomic mass is 10.0. The van der Waals surface area contributed by atoms with Gasteiger partial charge in [0.15, 0.2) is 17.3 Å². The van der Waals surface area contributed by atoms with Gasteiger partial charge in [-0.3, -0.25) is 4.79 Å². The summed E-state index contributed by atoms with van der Waals surface area (Å²) < 4.78 is 5.05. The molecule has 2 rings (SSSR count). The van der Waals surface area contributed by atoms with Gasteiger partial charge in [0.1, 0.15) is 0 Å². The predicted molar refractivity (Wildman–Crippen MR) is 87.2 cm³/mol. The number of phenols is 1. The zero-order chi connectivity index (χ0) is 15.9. The van der Waals surface area contributed by atoms with Crippen LogP contribution in [0.2, 0.25) is 0 Å². The molecule has 0 aromatic heterocycles. The van der Waals surface area contributed by atoms with Crippen molar-refractivity contribution in [3.63, 3.8) is 0 Å². The summed E-state index contributed by atoms with van der Waals surface area (Å²) >= 11 is 0. The van der Waals surface area contributed by atoms with Gasteiger partial charge in [-0.15, -0.1) is 0 Å². The van der Waals surface area contributed by atoms with Crippen molar-refractivity contribution in [3.8, 4) is 11.5 Å². The lowest BCUT2D eigenvalue weighted by Gasteiger charge is -2.05. The minimum Gasteiger partial charge on any atom is -0.504 e. The molecule has 114 valence electrons. The molecule has 0 fully saturated rings. The van der Waals surface area contributed by atoms with E-state index in [4.69, 9.17) is 10.5 Å². The summed E-state index contributed by atoms with van der Waals surface area (Å²) in [5.41, 5.74) is 7.96. The molecule has 3 N–H and O–H groups in total. The first-order valence-corrected chi connectivity index (χ1v) is 7.03. The van der Waals surface area contributed by atoms with E-state index in [0.717, 1.165) is 11.1 Å². The van der Waals surface area contributed by atoms with E-state index in [1.807, 2.05) is 18.2 Å². The number of ether oxygens (including phenoxy) is 1. The molecular weight excluding hydrogens is 278 g/mol. The molecule has 0 aliphatic heterocycles. The summed E-state index contributed by atoms with van der Waals surface area (Å²) in [6, 6.07) is 12.4. The van der Waals surface area contributed by atoms with Crippen molar-refractivity contribution < 1.29 is 14.6 Å². The number of hydrogen-bond acceptors (Lipinski definition) is 4. The molecule has 0 aliphatic rings. The lowest BCUT2D eigenvalue weighted by Crippen LogP contribution is -2.07. The maximum absolute atomic E-state index is 12.3. The number of ketones is 1. The van der Waals surface area contributed by atoms with Crippen LogP contribution in [0.25, 0.3) is 6.08 Å². The molecule has 0 aliphatic carbocycles. The van der Waals surface area contributed by atoms with Crippen molar-refractivity contribution >= 4 is 11.9 Å². The highest BCUT2D eigenvalue weighted by Gasteiger charge is 2.07. The first kappa shape index (κ1) is 15.8. The minimum atomic E-state index is -0.0731. The Labute approximate surface area is 129 Å². The number of nitrogens with two attached hydrogens (primary N) is 1. The molecule has 0 saturated heterocycles. The second-order valence-corrected chi connectivity index (χ2v) is 4.82. The van der Waals surface area contributed by atoms with Crippen molar-refractivity contribution in [2.45, 2.75) is 6.42 Å². The highest BCUT2D eigenvalue weighted by atomic mass is 16.5. The number of rotatable bonds is 6. The van der Waals surface area contributed by atoms with Crippen molar-refractivity contribution in [3.05, 3.63) is 65.2 Å². The Kier molecular flexibility index (Phi) is 5.33. The van der Waals surface area contributed by atoms with E-state index < -0.39 is 0 Å². The summed E-state index contributed by atoms with van der Waals surface area (Å²) in [4.78, 5) is 12.3. The van der Waals surface area contributed by atoms with Gasteiger partial charge in [0.2, 0.25) is 0 Å². The number of methoxy groups -OCH3 is 1. The van der Waals surface area contributed by atoms with E-state index in [1.54, 1.807) is 24.3 Å². The van der Waals surface area contributed by atoms with Crippen LogP contribution in [0.5, 0.6) is 11.5 Å². The predicted octanol–water partition coefficient (Wildman–Crippen LogP) is 2.80. The van der Waals surface area contributed by atoms with Crippen molar-refractivity contribution in [1.82, 2.24) is 0 Å². The summed E-state index contributed by atoms with van der Waals surface area (Å²) in [7, 11) is 1.48. The van der Waals surface area contributed by atoms with E-state index in [9.17, 15) is 9.90 Å². The zero-order valence-corrected chi connectivity index (χ0v) is 12.5. The Morgan fingerprint density at radius 1 is 1.27 bits per heavy atom. The average molecular weight is 297 g/mol. The summed E-state index contributed by atoms with van der Waals surface area (Å²) in [5.74, 6) is 0.369. The highest BCUT2D eigenvalue weighted by Crippen LogP contribution is 2.26. The van der Waals surface area contributed by atoms with Crippen LogP contribution in [0.4, 0.5) is 0 Å². The molecule has 22 heavy (non-hydrogen) atoms. The fourth-order valence-corrected chi connectivity index (χ4v) is 2.19. The number of phenolic OH excluding ortho intramolecular Hbond substituents is 1. The fraction of sp³-hybridized carbons (Fsp3) is 0.167. The second-order valence-electron chi connectivity index (χ2n) is 4.82. The topological polar surface area (TPSA) is 72.5 Å². The van der Waals surface area contributed by atoms with E-state index in [1.165, 1.54) is 19.3 Å². The van der Waals surface area contributed by atoms with E-state index in [0.29, 0.717) is 24.3 Å². The number of hydrogen-bond donors (Lipinski definition) is 2. The summed E-state index contributed by atoms with van der Waals surface area (Å²) in [6.45, 7) is 0.503. The third-order valence-corrected chi connectivity index (χ3v) is 3.33. The van der Waals surface area contributed by atoms with E-state index >= 15 is 0 Å². The van der Waals surface area contributed by atoms with Gasteiger partial charge in [-0.25, -0.2) is 0 Å². The maximum atomic E-state index is 12.3.